The van der Waals surface area contributed by atoms with Crippen LogP contribution >= 0.6 is 0 Å². The zero-order valence-electron chi connectivity index (χ0n) is 31.5. The fraction of sp³-hybridized carbons (Fsp3) is 0.550. The SMILES string of the molecule is CCOC(=O)O[C@H]1C(=O)[C@]2(C)C(O[Si](C)(C)c3ccccc3)C[C@H]3OC[C@@]3(OC(C)=O)C2[C@H](OC(=O)c2ccccc2)[C@]2(O)C[C@H](O)C(C)=C1C2(C)C. The smallest absolute Gasteiger partial charge is 0.455 e. The van der Waals surface area contributed by atoms with E-state index in [4.69, 9.17) is 28.1 Å². The van der Waals surface area contributed by atoms with Crippen molar-refractivity contribution in [1.82, 2.24) is 0 Å². The van der Waals surface area contributed by atoms with E-state index in [1.807, 2.05) is 43.4 Å². The third-order valence-corrected chi connectivity index (χ3v) is 14.9. The minimum Gasteiger partial charge on any atom is -0.455 e. The predicted molar refractivity (Wildman–Crippen MR) is 193 cm³/mol. The monoisotopic (exact) mass is 750 g/mol. The van der Waals surface area contributed by atoms with E-state index in [1.54, 1.807) is 65.0 Å². The Morgan fingerprint density at radius 1 is 0.981 bits per heavy atom. The molecule has 4 aliphatic rings. The van der Waals surface area contributed by atoms with Crippen molar-refractivity contribution in [1.29, 1.82) is 0 Å². The number of carbonyl (C=O) groups is 4. The molecule has 3 fully saturated rings. The van der Waals surface area contributed by atoms with Crippen molar-refractivity contribution in [2.45, 2.75) is 109 Å². The quantitative estimate of drug-likeness (QED) is 0.170. The summed E-state index contributed by atoms with van der Waals surface area (Å²) in [6.45, 7) is 13.2. The van der Waals surface area contributed by atoms with Gasteiger partial charge in [-0.2, -0.15) is 0 Å². The summed E-state index contributed by atoms with van der Waals surface area (Å²) in [6.07, 6.45) is -7.80. The van der Waals surface area contributed by atoms with E-state index in [9.17, 15) is 24.6 Å². The zero-order chi connectivity index (χ0) is 38.7. The second-order valence-electron chi connectivity index (χ2n) is 15.9. The normalized spacial score (nSPS) is 34.6. The third-order valence-electron chi connectivity index (χ3n) is 12.3. The van der Waals surface area contributed by atoms with Gasteiger partial charge in [-0.1, -0.05) is 62.4 Å². The Balaban J connectivity index is 1.66. The lowest BCUT2D eigenvalue weighted by Gasteiger charge is -2.68. The average Bonchev–Trinajstić information content (AvgIpc) is 3.10. The molecular formula is C40H50O12Si. The van der Waals surface area contributed by atoms with Crippen LogP contribution in [-0.4, -0.2) is 97.3 Å². The molecule has 0 amide bonds. The molecule has 3 aliphatic carbocycles. The van der Waals surface area contributed by atoms with Crippen molar-refractivity contribution < 1.29 is 57.5 Å². The Bertz CT molecular complexity index is 1790. The molecule has 0 spiro atoms. The van der Waals surface area contributed by atoms with Crippen molar-refractivity contribution in [2.75, 3.05) is 13.2 Å². The van der Waals surface area contributed by atoms with Crippen LogP contribution in [0.3, 0.4) is 0 Å². The van der Waals surface area contributed by atoms with E-state index in [0.29, 0.717) is 5.57 Å². The van der Waals surface area contributed by atoms with Crippen LogP contribution in [-0.2, 0) is 37.7 Å². The molecule has 0 radical (unpaired) electrons. The van der Waals surface area contributed by atoms with Crippen LogP contribution in [0.2, 0.25) is 13.1 Å². The predicted octanol–water partition coefficient (Wildman–Crippen LogP) is 4.40. The maximum Gasteiger partial charge on any atom is 0.509 e. The van der Waals surface area contributed by atoms with Crippen LogP contribution in [0.4, 0.5) is 4.79 Å². The van der Waals surface area contributed by atoms with Gasteiger partial charge in [-0.15, -0.1) is 0 Å². The topological polar surface area (TPSA) is 164 Å². The first-order valence-corrected chi connectivity index (χ1v) is 21.1. The molecule has 0 aromatic heterocycles. The number of aliphatic hydroxyl groups is 2. The summed E-state index contributed by atoms with van der Waals surface area (Å²) in [7, 11) is -2.88. The number of carbonyl (C=O) groups excluding carboxylic acids is 4. The molecule has 2 bridgehead atoms. The molecule has 12 nitrogen and oxygen atoms in total. The van der Waals surface area contributed by atoms with Gasteiger partial charge in [0.15, 0.2) is 17.5 Å². The number of hydrogen-bond acceptors (Lipinski definition) is 12. The fourth-order valence-corrected chi connectivity index (χ4v) is 11.6. The van der Waals surface area contributed by atoms with Crippen molar-refractivity contribution in [3.8, 4) is 0 Å². The highest BCUT2D eigenvalue weighted by molar-refractivity contribution is 6.84. The number of fused-ring (bicyclic) bond motifs is 5. The zero-order valence-corrected chi connectivity index (χ0v) is 32.5. The van der Waals surface area contributed by atoms with E-state index >= 15 is 4.79 Å². The van der Waals surface area contributed by atoms with Gasteiger partial charge in [0, 0.05) is 25.2 Å². The van der Waals surface area contributed by atoms with Crippen LogP contribution in [0, 0.1) is 16.7 Å². The molecule has 2 aromatic carbocycles. The first-order chi connectivity index (χ1) is 24.8. The van der Waals surface area contributed by atoms with Gasteiger partial charge >= 0.3 is 18.1 Å². The molecule has 2 saturated carbocycles. The Morgan fingerprint density at radius 3 is 2.17 bits per heavy atom. The number of benzene rings is 2. The summed E-state index contributed by atoms with van der Waals surface area (Å²) in [5, 5.41) is 26.0. The van der Waals surface area contributed by atoms with Crippen molar-refractivity contribution in [3.05, 3.63) is 77.4 Å². The highest BCUT2D eigenvalue weighted by atomic mass is 28.4. The van der Waals surface area contributed by atoms with Crippen molar-refractivity contribution in [2.24, 2.45) is 16.7 Å². The van der Waals surface area contributed by atoms with Gasteiger partial charge in [-0.3, -0.25) is 9.59 Å². The second kappa shape index (κ2) is 13.8. The van der Waals surface area contributed by atoms with Gasteiger partial charge in [0.05, 0.1) is 42.3 Å². The molecule has 2 unspecified atom stereocenters. The summed E-state index contributed by atoms with van der Waals surface area (Å²) >= 11 is 0. The van der Waals surface area contributed by atoms with Crippen LogP contribution in [0.25, 0.3) is 0 Å². The summed E-state index contributed by atoms with van der Waals surface area (Å²) in [5.41, 5.74) is -6.36. The van der Waals surface area contributed by atoms with E-state index in [2.05, 4.69) is 0 Å². The Labute approximate surface area is 310 Å². The maximum atomic E-state index is 15.9. The first kappa shape index (κ1) is 38.8. The maximum absolute atomic E-state index is 15.9. The van der Waals surface area contributed by atoms with Crippen molar-refractivity contribution in [3.63, 3.8) is 0 Å². The van der Waals surface area contributed by atoms with Crippen LogP contribution < -0.4 is 5.19 Å². The summed E-state index contributed by atoms with van der Waals surface area (Å²) in [6, 6.07) is 17.8. The van der Waals surface area contributed by atoms with Crippen LogP contribution in [0.15, 0.2) is 71.8 Å². The molecule has 1 heterocycles. The Kier molecular flexibility index (Phi) is 10.1. The van der Waals surface area contributed by atoms with Gasteiger partial charge in [-0.25, -0.2) is 9.59 Å². The minimum absolute atomic E-state index is 0.0394. The molecule has 1 aliphatic heterocycles. The fourth-order valence-electron chi connectivity index (χ4n) is 9.40. The molecule has 2 N–H and O–H groups in total. The van der Waals surface area contributed by atoms with Gasteiger partial charge < -0.3 is 38.3 Å². The van der Waals surface area contributed by atoms with Crippen LogP contribution in [0.1, 0.15) is 64.7 Å². The second-order valence-corrected chi connectivity index (χ2v) is 19.8. The van der Waals surface area contributed by atoms with Gasteiger partial charge in [0.25, 0.3) is 0 Å². The van der Waals surface area contributed by atoms with Gasteiger partial charge in [0.1, 0.15) is 17.8 Å². The van der Waals surface area contributed by atoms with E-state index in [-0.39, 0.29) is 37.2 Å². The van der Waals surface area contributed by atoms with Gasteiger partial charge in [-0.05, 0) is 62.3 Å². The number of aliphatic hydroxyl groups excluding tert-OH is 1. The highest BCUT2D eigenvalue weighted by Gasteiger charge is 2.78. The number of Topliss-reactive ketones (excluding diaryl/α,β-unsaturated/α-hetero) is 1. The number of esters is 2. The molecule has 2 aromatic rings. The molecule has 13 heteroatoms. The Hall–Kier alpha value is -3.88. The highest BCUT2D eigenvalue weighted by Crippen LogP contribution is 2.65. The summed E-state index contributed by atoms with van der Waals surface area (Å²) in [5.74, 6) is -3.45. The van der Waals surface area contributed by atoms with Gasteiger partial charge in [0.2, 0.25) is 8.32 Å². The van der Waals surface area contributed by atoms with E-state index in [1.165, 1.54) is 6.92 Å². The largest absolute Gasteiger partial charge is 0.509 e. The number of hydrogen-bond donors (Lipinski definition) is 2. The molecule has 9 atom stereocenters. The number of rotatable bonds is 8. The van der Waals surface area contributed by atoms with Crippen LogP contribution in [0.5, 0.6) is 0 Å². The number of ether oxygens (including phenoxy) is 5. The Morgan fingerprint density at radius 2 is 1.60 bits per heavy atom. The van der Waals surface area contributed by atoms with E-state index in [0.717, 1.165) is 5.19 Å². The van der Waals surface area contributed by atoms with E-state index < -0.39 is 90.7 Å². The standard InChI is InChI=1S/C40H50O12Si/c1-9-47-36(45)49-31-30-23(2)27(42)21-40(46,37(30,4)5)34(50-35(44)25-16-12-10-13-17-25)32-38(6,33(31)43)28(20-29-39(32,22-48-29)51-24(3)41)52-53(7,8)26-18-14-11-15-19-26/h10-19,27-29,31-32,34,42,46H,9,20-22H2,1-8H3/t27-,28?,29+,31+,32?,34-,38+,39-,40+/m0/s1. The molecule has 1 saturated heterocycles. The molecular weight excluding hydrogens is 701 g/mol. The third kappa shape index (κ3) is 6.14. The minimum atomic E-state index is -2.88. The molecule has 6 rings (SSSR count). The molecule has 286 valence electrons. The lowest BCUT2D eigenvalue weighted by Crippen LogP contribution is -2.82. The lowest BCUT2D eigenvalue weighted by atomic mass is 9.44. The van der Waals surface area contributed by atoms with Crippen molar-refractivity contribution >= 4 is 37.4 Å². The lowest BCUT2D eigenvalue weighted by molar-refractivity contribution is -0.344. The first-order valence-electron chi connectivity index (χ1n) is 18.1. The summed E-state index contributed by atoms with van der Waals surface area (Å²) in [4.78, 5) is 56.4. The molecule has 53 heavy (non-hydrogen) atoms. The summed E-state index contributed by atoms with van der Waals surface area (Å²) < 4.78 is 37.1. The average molecular weight is 751 g/mol. The number of ketones is 1.